The molecule has 0 aliphatic heterocycles. The van der Waals surface area contributed by atoms with Crippen LogP contribution in [0.4, 0.5) is 0 Å². The normalized spacial score (nSPS) is 38.9. The Kier molecular flexibility index (Phi) is 2.32. The van der Waals surface area contributed by atoms with Crippen molar-refractivity contribution in [2.24, 2.45) is 17.3 Å². The first kappa shape index (κ1) is 10.3. The summed E-state index contributed by atoms with van der Waals surface area (Å²) < 4.78 is 0. The van der Waals surface area contributed by atoms with Crippen LogP contribution in [0.1, 0.15) is 44.3 Å². The molecule has 3 rings (SSSR count). The number of fused-ring (bicyclic) bond motifs is 1. The van der Waals surface area contributed by atoms with Gasteiger partial charge in [-0.1, -0.05) is 50.1 Å². The lowest BCUT2D eigenvalue weighted by Gasteiger charge is -2.20. The zero-order valence-electron chi connectivity index (χ0n) is 9.89. The molecule has 1 aromatic rings. The van der Waals surface area contributed by atoms with Crippen LogP contribution in [0.2, 0.25) is 0 Å². The van der Waals surface area contributed by atoms with Crippen LogP contribution in [0, 0.1) is 17.3 Å². The van der Waals surface area contributed by atoms with E-state index in [-0.39, 0.29) is 11.5 Å². The van der Waals surface area contributed by atoms with E-state index in [0.29, 0.717) is 0 Å². The van der Waals surface area contributed by atoms with Gasteiger partial charge in [-0.15, -0.1) is 0 Å². The summed E-state index contributed by atoms with van der Waals surface area (Å²) in [6, 6.07) is 10.2. The van der Waals surface area contributed by atoms with Gasteiger partial charge in [0.2, 0.25) is 0 Å². The fourth-order valence-electron chi connectivity index (χ4n) is 3.88. The fraction of sp³-hybridized carbons (Fsp3) is 0.600. The molecule has 16 heavy (non-hydrogen) atoms. The standard InChI is InChI=1S/C15H20O/c1-15(12-9-5-6-10-13(12)15)14(16)11-7-3-2-4-8-11/h2-4,7-8,12-14,16H,5-6,9-10H2,1H3/t12-,13+,14-,15?/m0/s1. The number of rotatable bonds is 2. The lowest BCUT2D eigenvalue weighted by molar-refractivity contribution is 0.0862. The summed E-state index contributed by atoms with van der Waals surface area (Å²) in [4.78, 5) is 0. The van der Waals surface area contributed by atoms with Crippen LogP contribution in [0.5, 0.6) is 0 Å². The molecule has 0 radical (unpaired) electrons. The Morgan fingerprint density at radius 2 is 1.69 bits per heavy atom. The summed E-state index contributed by atoms with van der Waals surface area (Å²) in [6.07, 6.45) is 5.11. The summed E-state index contributed by atoms with van der Waals surface area (Å²) in [7, 11) is 0. The molecule has 86 valence electrons. The van der Waals surface area contributed by atoms with E-state index >= 15 is 0 Å². The van der Waals surface area contributed by atoms with Crippen LogP contribution in [-0.4, -0.2) is 5.11 Å². The third-order valence-electron chi connectivity index (χ3n) is 4.96. The van der Waals surface area contributed by atoms with E-state index in [9.17, 15) is 5.11 Å². The summed E-state index contributed by atoms with van der Waals surface area (Å²) in [5.41, 5.74) is 1.26. The van der Waals surface area contributed by atoms with E-state index in [0.717, 1.165) is 17.4 Å². The Bertz CT molecular complexity index is 358. The molecule has 1 unspecified atom stereocenters. The molecule has 1 aromatic carbocycles. The Labute approximate surface area is 97.5 Å². The largest absolute Gasteiger partial charge is 0.388 e. The quantitative estimate of drug-likeness (QED) is 0.801. The van der Waals surface area contributed by atoms with Crippen LogP contribution in [-0.2, 0) is 0 Å². The van der Waals surface area contributed by atoms with Crippen molar-refractivity contribution in [3.63, 3.8) is 0 Å². The monoisotopic (exact) mass is 216 g/mol. The molecular weight excluding hydrogens is 196 g/mol. The second kappa shape index (κ2) is 3.59. The highest BCUT2D eigenvalue weighted by Gasteiger charge is 2.64. The second-order valence-electron chi connectivity index (χ2n) is 5.68. The van der Waals surface area contributed by atoms with Crippen LogP contribution in [0.25, 0.3) is 0 Å². The summed E-state index contributed by atoms with van der Waals surface area (Å²) in [6.45, 7) is 2.28. The Balaban J connectivity index is 1.83. The molecule has 0 saturated heterocycles. The molecule has 1 heteroatoms. The number of benzene rings is 1. The van der Waals surface area contributed by atoms with Crippen LogP contribution in [0.3, 0.4) is 0 Å². The highest BCUT2D eigenvalue weighted by atomic mass is 16.3. The first-order valence-electron chi connectivity index (χ1n) is 6.47. The third kappa shape index (κ3) is 1.34. The molecule has 0 spiro atoms. The van der Waals surface area contributed by atoms with Gasteiger partial charge in [-0.3, -0.25) is 0 Å². The minimum atomic E-state index is -0.262. The van der Waals surface area contributed by atoms with Gasteiger partial charge in [0.15, 0.2) is 0 Å². The van der Waals surface area contributed by atoms with E-state index in [2.05, 4.69) is 19.1 Å². The van der Waals surface area contributed by atoms with Gasteiger partial charge in [-0.05, 0) is 30.2 Å². The van der Waals surface area contributed by atoms with Crippen molar-refractivity contribution < 1.29 is 5.11 Å². The van der Waals surface area contributed by atoms with E-state index in [1.165, 1.54) is 25.7 Å². The summed E-state index contributed by atoms with van der Waals surface area (Å²) >= 11 is 0. The average molecular weight is 216 g/mol. The molecule has 2 aliphatic carbocycles. The van der Waals surface area contributed by atoms with Crippen LogP contribution >= 0.6 is 0 Å². The third-order valence-corrected chi connectivity index (χ3v) is 4.96. The maximum Gasteiger partial charge on any atom is 0.0849 e. The van der Waals surface area contributed by atoms with Gasteiger partial charge in [-0.2, -0.15) is 0 Å². The van der Waals surface area contributed by atoms with Crippen molar-refractivity contribution in [1.82, 2.24) is 0 Å². The number of aliphatic hydroxyl groups excluding tert-OH is 1. The Morgan fingerprint density at radius 1 is 1.12 bits per heavy atom. The second-order valence-corrected chi connectivity index (χ2v) is 5.68. The maximum atomic E-state index is 10.6. The topological polar surface area (TPSA) is 20.2 Å². The first-order valence-corrected chi connectivity index (χ1v) is 6.47. The van der Waals surface area contributed by atoms with Gasteiger partial charge in [0.1, 0.15) is 0 Å². The van der Waals surface area contributed by atoms with Gasteiger partial charge in [-0.25, -0.2) is 0 Å². The molecule has 0 amide bonds. The van der Waals surface area contributed by atoms with Crippen molar-refractivity contribution in [3.8, 4) is 0 Å². The minimum Gasteiger partial charge on any atom is -0.388 e. The molecule has 1 N–H and O–H groups in total. The molecule has 2 saturated carbocycles. The molecule has 4 atom stereocenters. The lowest BCUT2D eigenvalue weighted by atomic mass is 9.90. The minimum absolute atomic E-state index is 0.165. The Morgan fingerprint density at radius 3 is 2.25 bits per heavy atom. The molecular formula is C15H20O. The first-order chi connectivity index (χ1) is 7.74. The van der Waals surface area contributed by atoms with Gasteiger partial charge >= 0.3 is 0 Å². The number of aliphatic hydroxyl groups is 1. The smallest absolute Gasteiger partial charge is 0.0849 e. The molecule has 0 aromatic heterocycles. The van der Waals surface area contributed by atoms with Crippen LogP contribution in [0.15, 0.2) is 30.3 Å². The van der Waals surface area contributed by atoms with Crippen molar-refractivity contribution in [2.75, 3.05) is 0 Å². The average Bonchev–Trinajstić information content (AvgIpc) is 2.98. The molecule has 1 nitrogen and oxygen atoms in total. The lowest BCUT2D eigenvalue weighted by Crippen LogP contribution is -2.13. The number of hydrogen-bond donors (Lipinski definition) is 1. The highest BCUT2D eigenvalue weighted by Crippen LogP contribution is 2.70. The van der Waals surface area contributed by atoms with Gasteiger partial charge in [0.25, 0.3) is 0 Å². The predicted molar refractivity (Wildman–Crippen MR) is 65.0 cm³/mol. The fourth-order valence-corrected chi connectivity index (χ4v) is 3.88. The molecule has 2 fully saturated rings. The van der Waals surface area contributed by atoms with E-state index in [4.69, 9.17) is 0 Å². The molecule has 2 aliphatic rings. The van der Waals surface area contributed by atoms with E-state index < -0.39 is 0 Å². The Hall–Kier alpha value is -0.820. The SMILES string of the molecule is CC1([C@@H](O)c2ccccc2)[C@@H]2CCCC[C@@H]21. The summed E-state index contributed by atoms with van der Waals surface area (Å²) in [5.74, 6) is 1.55. The van der Waals surface area contributed by atoms with E-state index in [1.54, 1.807) is 0 Å². The van der Waals surface area contributed by atoms with Crippen LogP contribution < -0.4 is 0 Å². The van der Waals surface area contributed by atoms with Crippen molar-refractivity contribution in [3.05, 3.63) is 35.9 Å². The molecule has 0 bridgehead atoms. The zero-order valence-corrected chi connectivity index (χ0v) is 9.89. The van der Waals surface area contributed by atoms with Gasteiger partial charge < -0.3 is 5.11 Å². The zero-order chi connectivity index (χ0) is 11.2. The van der Waals surface area contributed by atoms with Gasteiger partial charge in [0.05, 0.1) is 6.10 Å². The van der Waals surface area contributed by atoms with Crippen molar-refractivity contribution in [2.45, 2.75) is 38.7 Å². The van der Waals surface area contributed by atoms with Crippen molar-refractivity contribution in [1.29, 1.82) is 0 Å². The number of hydrogen-bond acceptors (Lipinski definition) is 1. The predicted octanol–water partition coefficient (Wildman–Crippen LogP) is 3.55. The van der Waals surface area contributed by atoms with Gasteiger partial charge in [0, 0.05) is 5.41 Å². The molecule has 0 heterocycles. The van der Waals surface area contributed by atoms with E-state index in [1.807, 2.05) is 18.2 Å². The highest BCUT2D eigenvalue weighted by molar-refractivity contribution is 5.25. The summed E-state index contributed by atoms with van der Waals surface area (Å²) in [5, 5.41) is 10.6. The van der Waals surface area contributed by atoms with Crippen molar-refractivity contribution >= 4 is 0 Å². The maximum absolute atomic E-state index is 10.6.